The maximum Gasteiger partial charge on any atom is 0.416 e. The Balaban J connectivity index is 1.97. The summed E-state index contributed by atoms with van der Waals surface area (Å²) in [5, 5.41) is 1.01. The number of amides is 1. The van der Waals surface area contributed by atoms with Crippen molar-refractivity contribution in [1.82, 2.24) is 8.65 Å². The highest BCUT2D eigenvalue weighted by molar-refractivity contribution is 14.1. The van der Waals surface area contributed by atoms with E-state index in [1.807, 2.05) is 0 Å². The predicted octanol–water partition coefficient (Wildman–Crippen LogP) is 3.51. The van der Waals surface area contributed by atoms with Crippen molar-refractivity contribution in [2.24, 2.45) is 5.92 Å². The molecule has 0 saturated carbocycles. The van der Waals surface area contributed by atoms with E-state index in [4.69, 9.17) is 0 Å². The second-order valence-electron chi connectivity index (χ2n) is 5.64. The van der Waals surface area contributed by atoms with E-state index in [2.05, 4.69) is 3.64 Å². The van der Waals surface area contributed by atoms with Gasteiger partial charge in [0.2, 0.25) is 0 Å². The lowest BCUT2D eigenvalue weighted by Gasteiger charge is -2.42. The molecule has 1 amide bonds. The van der Waals surface area contributed by atoms with E-state index in [-0.39, 0.29) is 23.4 Å². The van der Waals surface area contributed by atoms with Gasteiger partial charge in [0, 0.05) is 47.2 Å². The molecule has 24 heavy (non-hydrogen) atoms. The first-order chi connectivity index (χ1) is 11.0. The third kappa shape index (κ3) is 2.91. The Bertz CT molecular complexity index is 684. The molecule has 1 N–H and O–H groups in total. The highest BCUT2D eigenvalue weighted by Crippen LogP contribution is 2.42. The van der Waals surface area contributed by atoms with Gasteiger partial charge in [0.25, 0.3) is 5.91 Å². The van der Waals surface area contributed by atoms with Crippen molar-refractivity contribution in [3.63, 3.8) is 0 Å². The molecule has 3 rings (SSSR count). The molecule has 0 atom stereocenters. The molecule has 0 aliphatic carbocycles. The van der Waals surface area contributed by atoms with Crippen molar-refractivity contribution in [1.29, 1.82) is 0 Å². The predicted molar refractivity (Wildman–Crippen MR) is 80.2 cm³/mol. The summed E-state index contributed by atoms with van der Waals surface area (Å²) in [6, 6.07) is 2.04. The van der Waals surface area contributed by atoms with Crippen LogP contribution in [0.3, 0.4) is 0 Å². The van der Waals surface area contributed by atoms with Crippen LogP contribution in [0.4, 0.5) is 32.0 Å². The number of nitrogens with zero attached hydrogens (tertiary/aromatic N) is 2. The Hall–Kier alpha value is -1.24. The number of alkyl halides is 6. The lowest BCUT2D eigenvalue weighted by atomic mass is 9.95. The van der Waals surface area contributed by atoms with Gasteiger partial charge in [-0.15, -0.1) is 0 Å². The molecule has 1 fully saturated rings. The van der Waals surface area contributed by atoms with Crippen LogP contribution in [0, 0.1) is 5.92 Å². The number of carbonyl (C=O) groups is 1. The topological polar surface area (TPSA) is 35.6 Å². The van der Waals surface area contributed by atoms with Crippen LogP contribution in [0.15, 0.2) is 12.1 Å². The Morgan fingerprint density at radius 2 is 1.75 bits per heavy atom. The Morgan fingerprint density at radius 3 is 2.25 bits per heavy atom. The maximum absolute atomic E-state index is 13.3. The average Bonchev–Trinajstić information content (AvgIpc) is 2.70. The van der Waals surface area contributed by atoms with E-state index in [0.29, 0.717) is 0 Å². The first-order valence-electron chi connectivity index (χ1n) is 6.76. The quantitative estimate of drug-likeness (QED) is 0.413. The smallest absolute Gasteiger partial charge is 0.370 e. The minimum Gasteiger partial charge on any atom is -0.370 e. The molecule has 0 unspecified atom stereocenters. The van der Waals surface area contributed by atoms with Crippen LogP contribution in [0.25, 0.3) is 0 Å². The van der Waals surface area contributed by atoms with Gasteiger partial charge in [-0.3, -0.25) is 9.80 Å². The molecular weight excluding hydrogens is 455 g/mol. The molecule has 2 aliphatic rings. The van der Waals surface area contributed by atoms with Gasteiger partial charge in [0.1, 0.15) is 0 Å². The Labute approximate surface area is 146 Å². The first kappa shape index (κ1) is 17.6. The summed E-state index contributed by atoms with van der Waals surface area (Å²) in [7, 11) is 0. The van der Waals surface area contributed by atoms with Gasteiger partial charge in [-0.25, -0.2) is 0 Å². The molecule has 2 aliphatic heterocycles. The number of halogens is 7. The van der Waals surface area contributed by atoms with E-state index in [0.717, 1.165) is 11.1 Å². The molecule has 132 valence electrons. The van der Waals surface area contributed by atoms with Crippen LogP contribution >= 0.6 is 22.9 Å². The molecule has 4 nitrogen and oxygen atoms in total. The zero-order valence-electron chi connectivity index (χ0n) is 11.8. The van der Waals surface area contributed by atoms with Crippen molar-refractivity contribution in [2.45, 2.75) is 18.9 Å². The zero-order chi connectivity index (χ0) is 17.9. The second-order valence-corrected chi connectivity index (χ2v) is 6.12. The van der Waals surface area contributed by atoms with Crippen molar-refractivity contribution in [3.8, 4) is 0 Å². The summed E-state index contributed by atoms with van der Waals surface area (Å²) in [6.07, 6.45) is -9.08. The number of carbonyl (C=O) groups excluding carboxylic acids is 1. The Kier molecular flexibility index (Phi) is 4.13. The Morgan fingerprint density at radius 1 is 1.12 bits per heavy atom. The van der Waals surface area contributed by atoms with Crippen molar-refractivity contribution in [2.75, 3.05) is 18.0 Å². The number of benzene rings is 1. The fourth-order valence-electron chi connectivity index (χ4n) is 2.79. The van der Waals surface area contributed by atoms with Gasteiger partial charge >= 0.3 is 12.4 Å². The highest BCUT2D eigenvalue weighted by Gasteiger charge is 2.48. The zero-order valence-corrected chi connectivity index (χ0v) is 14.0. The van der Waals surface area contributed by atoms with Crippen LogP contribution in [0.1, 0.15) is 21.5 Å². The lowest BCUT2D eigenvalue weighted by Crippen LogP contribution is -2.53. The summed E-state index contributed by atoms with van der Waals surface area (Å²) in [5.74, 6) is -2.21. The number of rotatable bonds is 2. The molecular formula is C13H10F6IN3O. The number of hydrogen-bond donors (Lipinski definition) is 1. The first-order valence-corrected chi connectivity index (χ1v) is 7.84. The van der Waals surface area contributed by atoms with E-state index in [9.17, 15) is 31.1 Å². The molecule has 1 saturated heterocycles. The average molecular weight is 465 g/mol. The van der Waals surface area contributed by atoms with Crippen LogP contribution in [0.5, 0.6) is 0 Å². The fraction of sp³-hybridized carbons (Fsp3) is 0.462. The third-order valence-electron chi connectivity index (χ3n) is 4.14. The summed E-state index contributed by atoms with van der Waals surface area (Å²) in [5.41, 5.74) is -1.33. The summed E-state index contributed by atoms with van der Waals surface area (Å²) >= 11 is 1.63. The molecule has 2 heterocycles. The van der Waals surface area contributed by atoms with Gasteiger partial charge in [-0.2, -0.15) is 30.0 Å². The molecule has 0 radical (unpaired) electrons. The standard InChI is InChI=1S/C13H10F6IN3O/c14-12(15,16)6-3-22(4-6)7-1-8-9(5-23(21-20)11(8)24)10(2-7)13(17,18)19/h1-2,6,21H,3-5H2. The largest absolute Gasteiger partial charge is 0.416 e. The lowest BCUT2D eigenvalue weighted by molar-refractivity contribution is -0.180. The van der Waals surface area contributed by atoms with Crippen LogP contribution in [-0.4, -0.2) is 30.2 Å². The number of nitrogens with one attached hydrogen (secondary N) is 1. The third-order valence-corrected chi connectivity index (χ3v) is 4.73. The number of hydrogen-bond acceptors (Lipinski definition) is 3. The molecule has 0 bridgehead atoms. The molecule has 1 aromatic rings. The normalized spacial score (nSPS) is 18.9. The van der Waals surface area contributed by atoms with Crippen molar-refractivity contribution >= 4 is 34.5 Å². The van der Waals surface area contributed by atoms with E-state index in [1.54, 1.807) is 22.9 Å². The van der Waals surface area contributed by atoms with Crippen LogP contribution < -0.4 is 8.54 Å². The summed E-state index contributed by atoms with van der Waals surface area (Å²) in [6.45, 7) is -1.08. The minimum absolute atomic E-state index is 0.0229. The van der Waals surface area contributed by atoms with Gasteiger partial charge < -0.3 is 4.90 Å². The van der Waals surface area contributed by atoms with Crippen LogP contribution in [-0.2, 0) is 12.7 Å². The number of hydrazine groups is 1. The minimum atomic E-state index is -4.70. The van der Waals surface area contributed by atoms with E-state index >= 15 is 0 Å². The van der Waals surface area contributed by atoms with Crippen molar-refractivity contribution < 1.29 is 31.1 Å². The number of anilines is 1. The molecule has 0 spiro atoms. The van der Waals surface area contributed by atoms with E-state index < -0.39 is 42.8 Å². The van der Waals surface area contributed by atoms with Gasteiger partial charge in [-0.1, -0.05) is 0 Å². The molecule has 0 aromatic heterocycles. The fourth-order valence-corrected chi connectivity index (χ4v) is 3.18. The van der Waals surface area contributed by atoms with Gasteiger partial charge in [0.05, 0.1) is 18.0 Å². The van der Waals surface area contributed by atoms with Gasteiger partial charge in [0.15, 0.2) is 0 Å². The van der Waals surface area contributed by atoms with Gasteiger partial charge in [-0.05, 0) is 17.7 Å². The maximum atomic E-state index is 13.3. The monoisotopic (exact) mass is 465 g/mol. The summed E-state index contributed by atoms with van der Waals surface area (Å²) < 4.78 is 80.0. The van der Waals surface area contributed by atoms with Crippen LogP contribution in [0.2, 0.25) is 0 Å². The second kappa shape index (κ2) is 5.64. The molecule has 11 heteroatoms. The SMILES string of the molecule is O=C1c2cc(N3CC(C(F)(F)F)C3)cc(C(F)(F)F)c2CN1NI. The number of fused-ring (bicyclic) bond motifs is 1. The van der Waals surface area contributed by atoms with Crippen molar-refractivity contribution in [3.05, 3.63) is 28.8 Å². The highest BCUT2D eigenvalue weighted by atomic mass is 127. The van der Waals surface area contributed by atoms with E-state index in [1.165, 1.54) is 11.0 Å². The summed E-state index contributed by atoms with van der Waals surface area (Å²) in [4.78, 5) is 13.3. The molecule has 1 aromatic carbocycles.